The lowest BCUT2D eigenvalue weighted by Gasteiger charge is -2.32. The molecule has 4 rings (SSSR count). The summed E-state index contributed by atoms with van der Waals surface area (Å²) >= 11 is 1.12. The summed E-state index contributed by atoms with van der Waals surface area (Å²) in [6.07, 6.45) is 4.18. The summed E-state index contributed by atoms with van der Waals surface area (Å²) in [4.78, 5) is 28.8. The van der Waals surface area contributed by atoms with Gasteiger partial charge in [-0.2, -0.15) is 0 Å². The molecule has 31 heavy (non-hydrogen) atoms. The first-order valence-electron chi connectivity index (χ1n) is 10.6. The van der Waals surface area contributed by atoms with Crippen molar-refractivity contribution in [1.82, 2.24) is 14.9 Å². The molecule has 1 atom stereocenters. The van der Waals surface area contributed by atoms with Crippen molar-refractivity contribution in [3.05, 3.63) is 76.3 Å². The fraction of sp³-hybridized carbons (Fsp3) is 0.333. The second-order valence-corrected chi connectivity index (χ2v) is 8.72. The number of nitrogens with zero attached hydrogens (tertiary/aromatic N) is 3. The average Bonchev–Trinajstić information content (AvgIpc) is 3.46. The van der Waals surface area contributed by atoms with Crippen LogP contribution in [0.15, 0.2) is 53.9 Å². The number of rotatable bonds is 6. The summed E-state index contributed by atoms with van der Waals surface area (Å²) in [7, 11) is 0. The van der Waals surface area contributed by atoms with Gasteiger partial charge in [0, 0.05) is 17.1 Å². The lowest BCUT2D eigenvalue weighted by Crippen LogP contribution is -2.46. The van der Waals surface area contributed by atoms with Crippen LogP contribution in [0.4, 0.5) is 5.69 Å². The van der Waals surface area contributed by atoms with Crippen LogP contribution in [0, 0.1) is 13.8 Å². The third kappa shape index (κ3) is 4.82. The quantitative estimate of drug-likeness (QED) is 0.615. The molecule has 1 saturated carbocycles. The minimum absolute atomic E-state index is 0.149. The van der Waals surface area contributed by atoms with Crippen molar-refractivity contribution in [2.24, 2.45) is 0 Å². The van der Waals surface area contributed by atoms with E-state index in [1.807, 2.05) is 62.4 Å². The third-order valence-corrected chi connectivity index (χ3v) is 6.18. The van der Waals surface area contributed by atoms with Gasteiger partial charge in [0.2, 0.25) is 5.91 Å². The van der Waals surface area contributed by atoms with E-state index in [0.717, 1.165) is 53.9 Å². The Morgan fingerprint density at radius 3 is 2.45 bits per heavy atom. The van der Waals surface area contributed by atoms with E-state index >= 15 is 0 Å². The first-order valence-corrected chi connectivity index (χ1v) is 11.4. The van der Waals surface area contributed by atoms with E-state index in [9.17, 15) is 9.59 Å². The number of aromatic nitrogens is 2. The Hall–Kier alpha value is -3.06. The highest BCUT2D eigenvalue weighted by atomic mass is 32.1. The number of anilines is 1. The van der Waals surface area contributed by atoms with Gasteiger partial charge in [0.25, 0.3) is 5.91 Å². The summed E-state index contributed by atoms with van der Waals surface area (Å²) in [5.41, 5.74) is 3.76. The maximum Gasteiger partial charge on any atom is 0.280 e. The zero-order chi connectivity index (χ0) is 21.8. The molecule has 160 valence electrons. The number of hydrogen-bond acceptors (Lipinski definition) is 5. The molecule has 3 aromatic rings. The smallest absolute Gasteiger partial charge is 0.280 e. The molecule has 1 fully saturated rings. The molecule has 1 aliphatic carbocycles. The summed E-state index contributed by atoms with van der Waals surface area (Å²) in [5.74, 6) is -0.514. The third-order valence-electron chi connectivity index (χ3n) is 5.68. The fourth-order valence-corrected chi connectivity index (χ4v) is 4.51. The van der Waals surface area contributed by atoms with Crippen LogP contribution < -0.4 is 10.2 Å². The number of carbonyl (C=O) groups excluding carboxylic acids is 2. The van der Waals surface area contributed by atoms with Crippen molar-refractivity contribution in [3.63, 3.8) is 0 Å². The van der Waals surface area contributed by atoms with Crippen LogP contribution in [0.3, 0.4) is 0 Å². The Morgan fingerprint density at radius 1 is 1.06 bits per heavy atom. The maximum absolute atomic E-state index is 13.6. The van der Waals surface area contributed by atoms with E-state index in [-0.39, 0.29) is 23.6 Å². The monoisotopic (exact) mass is 434 g/mol. The van der Waals surface area contributed by atoms with E-state index < -0.39 is 6.04 Å². The first kappa shape index (κ1) is 21.2. The molecule has 0 saturated heterocycles. The number of benzene rings is 2. The molecule has 6 nitrogen and oxygen atoms in total. The standard InChI is InChI=1S/C24H26N4O2S/c1-16-10-12-20(13-11-16)28(24(30)21-15-31-27-26-21)22(18-7-5-6-17(2)14-18)23(29)25-19-8-3-4-9-19/h5-7,10-15,19,22H,3-4,8-9H2,1-2H3,(H,25,29)/t22-/m1/s1. The van der Waals surface area contributed by atoms with E-state index in [1.54, 1.807) is 10.3 Å². The van der Waals surface area contributed by atoms with Gasteiger partial charge < -0.3 is 5.32 Å². The second kappa shape index (κ2) is 9.39. The van der Waals surface area contributed by atoms with Crippen LogP contribution in [0.5, 0.6) is 0 Å². The van der Waals surface area contributed by atoms with Gasteiger partial charge in [0.05, 0.1) is 0 Å². The normalized spacial score (nSPS) is 14.9. The van der Waals surface area contributed by atoms with Gasteiger partial charge in [-0.05, 0) is 55.9 Å². The van der Waals surface area contributed by atoms with Gasteiger partial charge in [-0.15, -0.1) is 5.10 Å². The summed E-state index contributed by atoms with van der Waals surface area (Å²) in [5, 5.41) is 8.79. The van der Waals surface area contributed by atoms with Gasteiger partial charge >= 0.3 is 0 Å². The molecule has 0 bridgehead atoms. The van der Waals surface area contributed by atoms with Crippen molar-refractivity contribution < 1.29 is 9.59 Å². The van der Waals surface area contributed by atoms with Crippen LogP contribution in [0.1, 0.15) is 58.9 Å². The predicted molar refractivity (Wildman–Crippen MR) is 122 cm³/mol. The van der Waals surface area contributed by atoms with Crippen LogP contribution in [0.2, 0.25) is 0 Å². The van der Waals surface area contributed by atoms with Crippen molar-refractivity contribution in [2.45, 2.75) is 51.6 Å². The van der Waals surface area contributed by atoms with Gasteiger partial charge in [-0.1, -0.05) is 64.9 Å². The highest BCUT2D eigenvalue weighted by molar-refractivity contribution is 7.03. The molecule has 0 radical (unpaired) electrons. The molecule has 2 amide bonds. The summed E-state index contributed by atoms with van der Waals surface area (Å²) in [6, 6.07) is 14.7. The number of carbonyl (C=O) groups is 2. The lowest BCUT2D eigenvalue weighted by molar-refractivity contribution is -0.123. The highest BCUT2D eigenvalue weighted by Crippen LogP contribution is 2.31. The van der Waals surface area contributed by atoms with E-state index in [4.69, 9.17) is 0 Å². The van der Waals surface area contributed by atoms with Crippen molar-refractivity contribution in [1.29, 1.82) is 0 Å². The Bertz CT molecular complexity index is 1040. The van der Waals surface area contributed by atoms with Gasteiger partial charge in [-0.3, -0.25) is 14.5 Å². The van der Waals surface area contributed by atoms with E-state index in [0.29, 0.717) is 5.69 Å². The predicted octanol–water partition coefficient (Wildman–Crippen LogP) is 4.60. The lowest BCUT2D eigenvalue weighted by atomic mass is 10.00. The molecule has 0 spiro atoms. The minimum Gasteiger partial charge on any atom is -0.351 e. The van der Waals surface area contributed by atoms with Gasteiger partial charge in [-0.25, -0.2) is 0 Å². The molecular weight excluding hydrogens is 408 g/mol. The Labute approximate surface area is 186 Å². The summed E-state index contributed by atoms with van der Waals surface area (Å²) in [6.45, 7) is 3.98. The van der Waals surface area contributed by atoms with Crippen LogP contribution in [-0.2, 0) is 4.79 Å². The van der Waals surface area contributed by atoms with E-state index in [2.05, 4.69) is 14.9 Å². The SMILES string of the molecule is Cc1ccc(N(C(=O)c2csnn2)[C@@H](C(=O)NC2CCCC2)c2cccc(C)c2)cc1. The fourth-order valence-electron chi connectivity index (χ4n) is 4.08. The van der Waals surface area contributed by atoms with Crippen LogP contribution in [-0.4, -0.2) is 27.4 Å². The van der Waals surface area contributed by atoms with Gasteiger partial charge in [0.15, 0.2) is 5.69 Å². The number of aryl methyl sites for hydroxylation is 2. The molecule has 1 N–H and O–H groups in total. The van der Waals surface area contributed by atoms with Crippen molar-refractivity contribution in [3.8, 4) is 0 Å². The van der Waals surface area contributed by atoms with Crippen molar-refractivity contribution >= 4 is 29.0 Å². The second-order valence-electron chi connectivity index (χ2n) is 8.11. The zero-order valence-electron chi connectivity index (χ0n) is 17.7. The summed E-state index contributed by atoms with van der Waals surface area (Å²) < 4.78 is 3.85. The largest absolute Gasteiger partial charge is 0.351 e. The van der Waals surface area contributed by atoms with Crippen LogP contribution in [0.25, 0.3) is 0 Å². The number of nitrogens with one attached hydrogen (secondary N) is 1. The minimum atomic E-state index is -0.808. The van der Waals surface area contributed by atoms with Gasteiger partial charge in [0.1, 0.15) is 6.04 Å². The van der Waals surface area contributed by atoms with Crippen LogP contribution >= 0.6 is 11.5 Å². The average molecular weight is 435 g/mol. The Kier molecular flexibility index (Phi) is 6.42. The van der Waals surface area contributed by atoms with E-state index in [1.165, 1.54) is 0 Å². The molecule has 7 heteroatoms. The number of amides is 2. The molecule has 1 aromatic heterocycles. The highest BCUT2D eigenvalue weighted by Gasteiger charge is 2.35. The molecule has 1 heterocycles. The first-order chi connectivity index (χ1) is 15.0. The molecule has 0 unspecified atom stereocenters. The zero-order valence-corrected chi connectivity index (χ0v) is 18.6. The topological polar surface area (TPSA) is 75.2 Å². The molecule has 1 aliphatic rings. The van der Waals surface area contributed by atoms with Crippen molar-refractivity contribution in [2.75, 3.05) is 4.90 Å². The maximum atomic E-state index is 13.6. The molecule has 0 aliphatic heterocycles. The Morgan fingerprint density at radius 2 is 1.81 bits per heavy atom. The molecule has 2 aromatic carbocycles. The number of hydrogen-bond donors (Lipinski definition) is 1. The molecular formula is C24H26N4O2S. The Balaban J connectivity index is 1.80.